The lowest BCUT2D eigenvalue weighted by atomic mass is 10.2. The van der Waals surface area contributed by atoms with E-state index >= 15 is 0 Å². The average Bonchev–Trinajstić information content (AvgIpc) is 3.11. The number of ether oxygens (including phenoxy) is 1. The summed E-state index contributed by atoms with van der Waals surface area (Å²) in [4.78, 5) is 7.83. The largest absolute Gasteiger partial charge is 0.439 e. The van der Waals surface area contributed by atoms with E-state index in [1.54, 1.807) is 18.2 Å². The minimum Gasteiger partial charge on any atom is -0.439 e. The second kappa shape index (κ2) is 7.12. The molecule has 8 nitrogen and oxygen atoms in total. The van der Waals surface area contributed by atoms with E-state index < -0.39 is 0 Å². The first-order valence-corrected chi connectivity index (χ1v) is 8.19. The molecule has 0 unspecified atom stereocenters. The van der Waals surface area contributed by atoms with Crippen molar-refractivity contribution in [1.82, 2.24) is 20.2 Å². The SMILES string of the molecule is Cc1cccc(Nc2nnc(-c3ccc(Oc4cc(N)ncn4)cc3)o2)c1. The highest BCUT2D eigenvalue weighted by Gasteiger charge is 2.09. The minimum atomic E-state index is 0.326. The van der Waals surface area contributed by atoms with Gasteiger partial charge in [0.2, 0.25) is 11.8 Å². The molecule has 4 rings (SSSR count). The van der Waals surface area contributed by atoms with Gasteiger partial charge in [0, 0.05) is 17.3 Å². The summed E-state index contributed by atoms with van der Waals surface area (Å²) in [5, 5.41) is 11.2. The van der Waals surface area contributed by atoms with Crippen LogP contribution in [0.1, 0.15) is 5.56 Å². The Kier molecular flexibility index (Phi) is 4.36. The van der Waals surface area contributed by atoms with E-state index in [2.05, 4.69) is 25.5 Å². The Morgan fingerprint density at radius 3 is 2.63 bits per heavy atom. The van der Waals surface area contributed by atoms with Crippen molar-refractivity contribution in [3.05, 3.63) is 66.5 Å². The van der Waals surface area contributed by atoms with E-state index in [0.717, 1.165) is 16.8 Å². The summed E-state index contributed by atoms with van der Waals surface area (Å²) in [5.74, 6) is 1.73. The minimum absolute atomic E-state index is 0.326. The third kappa shape index (κ3) is 4.01. The van der Waals surface area contributed by atoms with Crippen LogP contribution in [0.25, 0.3) is 11.5 Å². The topological polar surface area (TPSA) is 112 Å². The predicted molar refractivity (Wildman–Crippen MR) is 101 cm³/mol. The van der Waals surface area contributed by atoms with Gasteiger partial charge in [0.25, 0.3) is 0 Å². The van der Waals surface area contributed by atoms with Crippen molar-refractivity contribution in [3.63, 3.8) is 0 Å². The highest BCUT2D eigenvalue weighted by Crippen LogP contribution is 2.26. The summed E-state index contributed by atoms with van der Waals surface area (Å²) in [6.07, 6.45) is 1.35. The van der Waals surface area contributed by atoms with Gasteiger partial charge in [-0.15, -0.1) is 5.10 Å². The van der Waals surface area contributed by atoms with Crippen molar-refractivity contribution in [2.75, 3.05) is 11.1 Å². The fraction of sp³-hybridized carbons (Fsp3) is 0.0526. The second-order valence-electron chi connectivity index (χ2n) is 5.81. The summed E-state index contributed by atoms with van der Waals surface area (Å²) < 4.78 is 11.3. The lowest BCUT2D eigenvalue weighted by Gasteiger charge is -2.05. The van der Waals surface area contributed by atoms with Crippen molar-refractivity contribution in [2.24, 2.45) is 0 Å². The first kappa shape index (κ1) is 16.5. The van der Waals surface area contributed by atoms with Gasteiger partial charge in [-0.1, -0.05) is 17.2 Å². The molecular weight excluding hydrogens is 344 g/mol. The number of nitrogens with two attached hydrogens (primary N) is 1. The molecule has 3 N–H and O–H groups in total. The summed E-state index contributed by atoms with van der Waals surface area (Å²) in [6, 6.07) is 17.0. The Balaban J connectivity index is 1.47. The first-order chi connectivity index (χ1) is 13.2. The molecule has 2 heterocycles. The molecule has 0 radical (unpaired) electrons. The Morgan fingerprint density at radius 2 is 1.85 bits per heavy atom. The lowest BCUT2D eigenvalue weighted by molar-refractivity contribution is 0.462. The summed E-state index contributed by atoms with van der Waals surface area (Å²) in [6.45, 7) is 2.02. The van der Waals surface area contributed by atoms with Gasteiger partial charge >= 0.3 is 6.01 Å². The van der Waals surface area contributed by atoms with Crippen LogP contribution in [0.15, 0.2) is 65.3 Å². The highest BCUT2D eigenvalue weighted by atomic mass is 16.5. The fourth-order valence-electron chi connectivity index (χ4n) is 2.43. The van der Waals surface area contributed by atoms with Crippen LogP contribution in [0.2, 0.25) is 0 Å². The molecule has 0 atom stereocenters. The second-order valence-corrected chi connectivity index (χ2v) is 5.81. The first-order valence-electron chi connectivity index (χ1n) is 8.19. The van der Waals surface area contributed by atoms with Crippen molar-refractivity contribution < 1.29 is 9.15 Å². The Hall–Kier alpha value is -3.94. The van der Waals surface area contributed by atoms with Gasteiger partial charge < -0.3 is 20.2 Å². The summed E-state index contributed by atoms with van der Waals surface area (Å²) in [5.41, 5.74) is 8.41. The molecule has 0 saturated heterocycles. The van der Waals surface area contributed by atoms with Crippen LogP contribution in [-0.4, -0.2) is 20.2 Å². The van der Waals surface area contributed by atoms with Crippen LogP contribution in [0.4, 0.5) is 17.5 Å². The maximum atomic E-state index is 5.68. The van der Waals surface area contributed by atoms with Gasteiger partial charge in [0.05, 0.1) is 0 Å². The van der Waals surface area contributed by atoms with Gasteiger partial charge in [-0.25, -0.2) is 9.97 Å². The normalized spacial score (nSPS) is 10.6. The zero-order valence-corrected chi connectivity index (χ0v) is 14.5. The van der Waals surface area contributed by atoms with Gasteiger partial charge in [-0.2, -0.15) is 0 Å². The molecule has 0 spiro atoms. The number of hydrogen-bond donors (Lipinski definition) is 2. The van der Waals surface area contributed by atoms with Crippen LogP contribution >= 0.6 is 0 Å². The number of anilines is 3. The molecule has 0 aliphatic heterocycles. The van der Waals surface area contributed by atoms with Crippen molar-refractivity contribution in [3.8, 4) is 23.1 Å². The van der Waals surface area contributed by atoms with Crippen molar-refractivity contribution >= 4 is 17.5 Å². The zero-order valence-electron chi connectivity index (χ0n) is 14.5. The van der Waals surface area contributed by atoms with Crippen molar-refractivity contribution in [2.45, 2.75) is 6.92 Å². The smallest absolute Gasteiger partial charge is 0.320 e. The van der Waals surface area contributed by atoms with Gasteiger partial charge in [0.1, 0.15) is 17.9 Å². The predicted octanol–water partition coefficient (Wildman–Crippen LogP) is 3.95. The maximum Gasteiger partial charge on any atom is 0.320 e. The zero-order chi connectivity index (χ0) is 18.6. The molecule has 8 heteroatoms. The Morgan fingerprint density at radius 1 is 1.00 bits per heavy atom. The number of nitrogens with one attached hydrogen (secondary N) is 1. The standard InChI is InChI=1S/C19H16N6O2/c1-12-3-2-4-14(9-12)23-19-25-24-18(27-19)13-5-7-15(8-6-13)26-17-10-16(20)21-11-22-17/h2-11H,1H3,(H,23,25)(H2,20,21,22). The van der Waals surface area contributed by atoms with E-state index in [1.165, 1.54) is 6.33 Å². The quantitative estimate of drug-likeness (QED) is 0.550. The monoisotopic (exact) mass is 360 g/mol. The number of benzene rings is 2. The molecule has 2 aromatic heterocycles. The van der Waals surface area contributed by atoms with Crippen molar-refractivity contribution in [1.29, 1.82) is 0 Å². The Bertz CT molecular complexity index is 1060. The molecule has 134 valence electrons. The van der Waals surface area contributed by atoms with Crippen LogP contribution in [-0.2, 0) is 0 Å². The molecule has 4 aromatic rings. The average molecular weight is 360 g/mol. The molecule has 27 heavy (non-hydrogen) atoms. The molecule has 0 saturated carbocycles. The molecule has 0 aliphatic carbocycles. The van der Waals surface area contributed by atoms with Crippen LogP contribution in [0.3, 0.4) is 0 Å². The Labute approximate surface area is 155 Å². The van der Waals surface area contributed by atoms with E-state index in [9.17, 15) is 0 Å². The molecule has 0 fully saturated rings. The molecule has 2 aromatic carbocycles. The van der Waals surface area contributed by atoms with E-state index in [0.29, 0.717) is 29.4 Å². The summed E-state index contributed by atoms with van der Waals surface area (Å²) in [7, 11) is 0. The molecular formula is C19H16N6O2. The number of rotatable bonds is 5. The lowest BCUT2D eigenvalue weighted by Crippen LogP contribution is -1.93. The van der Waals surface area contributed by atoms with Gasteiger partial charge in [-0.05, 0) is 48.9 Å². The van der Waals surface area contributed by atoms with E-state index in [4.69, 9.17) is 14.9 Å². The number of nitrogens with zero attached hydrogens (tertiary/aromatic N) is 4. The third-order valence-electron chi connectivity index (χ3n) is 3.68. The number of hydrogen-bond acceptors (Lipinski definition) is 8. The number of aryl methyl sites for hydroxylation is 1. The highest BCUT2D eigenvalue weighted by molar-refractivity contribution is 5.57. The van der Waals surface area contributed by atoms with Gasteiger partial charge in [-0.3, -0.25) is 0 Å². The van der Waals surface area contributed by atoms with Crippen LogP contribution < -0.4 is 15.8 Å². The third-order valence-corrected chi connectivity index (χ3v) is 3.68. The molecule has 0 bridgehead atoms. The van der Waals surface area contributed by atoms with Crippen LogP contribution in [0.5, 0.6) is 11.6 Å². The number of nitrogen functional groups attached to an aromatic ring is 1. The molecule has 0 aliphatic rings. The number of aromatic nitrogens is 4. The summed E-state index contributed by atoms with van der Waals surface area (Å²) >= 11 is 0. The fourth-order valence-corrected chi connectivity index (χ4v) is 2.43. The maximum absolute atomic E-state index is 5.68. The van der Waals surface area contributed by atoms with E-state index in [1.807, 2.05) is 43.3 Å². The molecule has 0 amide bonds. The van der Waals surface area contributed by atoms with Crippen LogP contribution in [0, 0.1) is 6.92 Å². The van der Waals surface area contributed by atoms with E-state index in [-0.39, 0.29) is 0 Å². The van der Waals surface area contributed by atoms with Gasteiger partial charge in [0.15, 0.2) is 0 Å².